The Bertz CT molecular complexity index is 869. The Morgan fingerprint density at radius 1 is 1.19 bits per heavy atom. The molecule has 2 aromatic rings. The summed E-state index contributed by atoms with van der Waals surface area (Å²) in [6, 6.07) is 9.64. The largest absolute Gasteiger partial charge is 0.461 e. The number of aryl methyl sites for hydroxylation is 1. The van der Waals surface area contributed by atoms with Crippen LogP contribution in [0.4, 0.5) is 10.8 Å². The van der Waals surface area contributed by atoms with Crippen molar-refractivity contribution in [1.29, 1.82) is 0 Å². The van der Waals surface area contributed by atoms with E-state index in [0.717, 1.165) is 5.56 Å². The number of piperidine rings is 1. The molecule has 1 fully saturated rings. The van der Waals surface area contributed by atoms with Gasteiger partial charge in [0.15, 0.2) is 5.69 Å². The number of alkyl carbamates (subject to hydrolysis) is 1. The summed E-state index contributed by atoms with van der Waals surface area (Å²) in [5.74, 6) is -0.0970. The summed E-state index contributed by atoms with van der Waals surface area (Å²) in [5, 5.41) is 2.91. The van der Waals surface area contributed by atoms with E-state index >= 15 is 0 Å². The molecule has 9 nitrogen and oxygen atoms in total. The van der Waals surface area contributed by atoms with Crippen LogP contribution in [-0.4, -0.2) is 55.5 Å². The smallest absolute Gasteiger partial charge is 0.407 e. The molecule has 0 aliphatic carbocycles. The highest BCUT2D eigenvalue weighted by atomic mass is 16.6. The number of nitrogens with zero attached hydrogens (tertiary/aromatic N) is 2. The monoisotopic (exact) mass is 431 g/mol. The Morgan fingerprint density at radius 2 is 1.97 bits per heavy atom. The van der Waals surface area contributed by atoms with Gasteiger partial charge in [-0.25, -0.2) is 9.59 Å². The van der Waals surface area contributed by atoms with Crippen LogP contribution in [0.25, 0.3) is 0 Å². The first kappa shape index (κ1) is 22.6. The predicted octanol–water partition coefficient (Wildman–Crippen LogP) is 3.07. The van der Waals surface area contributed by atoms with E-state index in [1.54, 1.807) is 13.8 Å². The molecular weight excluding hydrogens is 402 g/mol. The predicted molar refractivity (Wildman–Crippen MR) is 113 cm³/mol. The number of esters is 1. The number of nitrogens with one attached hydrogen (secondary N) is 1. The molecule has 9 heteroatoms. The molecule has 1 saturated heterocycles. The summed E-state index contributed by atoms with van der Waals surface area (Å²) in [5.41, 5.74) is 1.10. The Morgan fingerprint density at radius 3 is 2.68 bits per heavy atom. The van der Waals surface area contributed by atoms with Crippen molar-refractivity contribution in [3.63, 3.8) is 0 Å². The third kappa shape index (κ3) is 5.97. The molecule has 1 aromatic heterocycles. The fraction of sp³-hybridized carbons (Fsp3) is 0.500. The minimum absolute atomic E-state index is 0.176. The van der Waals surface area contributed by atoms with Gasteiger partial charge in [-0.3, -0.25) is 0 Å². The zero-order valence-corrected chi connectivity index (χ0v) is 18.1. The molecule has 3 rings (SSSR count). The Kier molecular flexibility index (Phi) is 7.88. The summed E-state index contributed by atoms with van der Waals surface area (Å²) >= 11 is 0. The molecule has 0 unspecified atom stereocenters. The van der Waals surface area contributed by atoms with Crippen LogP contribution in [-0.2, 0) is 20.8 Å². The molecule has 1 amide bonds. The van der Waals surface area contributed by atoms with E-state index in [-0.39, 0.29) is 31.1 Å². The van der Waals surface area contributed by atoms with Gasteiger partial charge >= 0.3 is 12.1 Å². The standard InChI is InChI=1S/C22H29N3O6/c1-4-28-18-13-25(21-24-19(15(3)31-21)20(26)29-5-2)12-11-17(18)23-22(27)30-14-16-9-7-6-8-10-16/h6-10,17-18H,4-5,11-14H2,1-3H3,(H,23,27)/t17-,18+/m1/s1. The molecule has 168 valence electrons. The maximum absolute atomic E-state index is 12.3. The molecule has 1 aliphatic heterocycles. The highest BCUT2D eigenvalue weighted by molar-refractivity contribution is 5.88. The van der Waals surface area contributed by atoms with E-state index in [4.69, 9.17) is 18.6 Å². The molecule has 1 N–H and O–H groups in total. The summed E-state index contributed by atoms with van der Waals surface area (Å²) in [7, 11) is 0. The lowest BCUT2D eigenvalue weighted by Crippen LogP contribution is -2.55. The van der Waals surface area contributed by atoms with E-state index in [0.29, 0.717) is 37.9 Å². The zero-order valence-electron chi connectivity index (χ0n) is 18.1. The highest BCUT2D eigenvalue weighted by Gasteiger charge is 2.34. The number of hydrogen-bond donors (Lipinski definition) is 1. The van der Waals surface area contributed by atoms with Gasteiger partial charge in [-0.15, -0.1) is 0 Å². The molecule has 0 saturated carbocycles. The van der Waals surface area contributed by atoms with Crippen LogP contribution in [0.3, 0.4) is 0 Å². The van der Waals surface area contributed by atoms with Gasteiger partial charge in [0.1, 0.15) is 12.4 Å². The van der Waals surface area contributed by atoms with Crippen LogP contribution < -0.4 is 10.2 Å². The minimum atomic E-state index is -0.505. The quantitative estimate of drug-likeness (QED) is 0.636. The van der Waals surface area contributed by atoms with Crippen LogP contribution >= 0.6 is 0 Å². The van der Waals surface area contributed by atoms with Crippen LogP contribution in [0.1, 0.15) is 42.1 Å². The molecule has 2 atom stereocenters. The number of aromatic nitrogens is 1. The molecule has 1 aliphatic rings. The molecule has 0 bridgehead atoms. The van der Waals surface area contributed by atoms with Gasteiger partial charge in [-0.05, 0) is 32.8 Å². The van der Waals surface area contributed by atoms with Crippen LogP contribution in [0.5, 0.6) is 0 Å². The number of carbonyl (C=O) groups is 2. The summed E-state index contributed by atoms with van der Waals surface area (Å²) in [6.45, 7) is 7.33. The summed E-state index contributed by atoms with van der Waals surface area (Å²) in [4.78, 5) is 30.5. The number of oxazole rings is 1. The first-order valence-corrected chi connectivity index (χ1v) is 10.5. The number of anilines is 1. The lowest BCUT2D eigenvalue weighted by atomic mass is 10.0. The maximum Gasteiger partial charge on any atom is 0.407 e. The van der Waals surface area contributed by atoms with Crippen molar-refractivity contribution >= 4 is 18.1 Å². The SMILES string of the molecule is CCOC(=O)c1nc(N2CC[C@@H](NC(=O)OCc3ccccc3)[C@@H](OCC)C2)oc1C. The number of carbonyl (C=O) groups excluding carboxylic acids is 2. The topological polar surface area (TPSA) is 103 Å². The van der Waals surface area contributed by atoms with Gasteiger partial charge in [0.2, 0.25) is 0 Å². The second-order valence-electron chi connectivity index (χ2n) is 7.16. The van der Waals surface area contributed by atoms with Crippen molar-refractivity contribution < 1.29 is 28.2 Å². The molecule has 31 heavy (non-hydrogen) atoms. The highest BCUT2D eigenvalue weighted by Crippen LogP contribution is 2.24. The Labute approximate surface area is 181 Å². The second-order valence-corrected chi connectivity index (χ2v) is 7.16. The van der Waals surface area contributed by atoms with Gasteiger partial charge in [-0.1, -0.05) is 30.3 Å². The number of ether oxygens (including phenoxy) is 3. The molecule has 1 aromatic carbocycles. The molecule has 0 radical (unpaired) electrons. The maximum atomic E-state index is 12.3. The van der Waals surface area contributed by atoms with Crippen molar-refractivity contribution in [3.8, 4) is 0 Å². The average molecular weight is 431 g/mol. The van der Waals surface area contributed by atoms with Crippen LogP contribution in [0, 0.1) is 6.92 Å². The third-order valence-corrected chi connectivity index (χ3v) is 4.98. The molecule has 2 heterocycles. The van der Waals surface area contributed by atoms with Crippen LogP contribution in [0.15, 0.2) is 34.7 Å². The Hall–Kier alpha value is -3.07. The first-order chi connectivity index (χ1) is 15.0. The van der Waals surface area contributed by atoms with Gasteiger partial charge < -0.3 is 28.8 Å². The van der Waals surface area contributed by atoms with Crippen molar-refractivity contribution in [1.82, 2.24) is 10.3 Å². The van der Waals surface area contributed by atoms with Gasteiger partial charge in [-0.2, -0.15) is 4.98 Å². The van der Waals surface area contributed by atoms with E-state index < -0.39 is 12.1 Å². The number of benzene rings is 1. The summed E-state index contributed by atoms with van der Waals surface area (Å²) in [6.07, 6.45) is -0.147. The lowest BCUT2D eigenvalue weighted by molar-refractivity contribution is 0.0252. The summed E-state index contributed by atoms with van der Waals surface area (Å²) < 4.78 is 21.9. The van der Waals surface area contributed by atoms with Crippen molar-refractivity contribution in [2.24, 2.45) is 0 Å². The second kappa shape index (κ2) is 10.8. The number of amides is 1. The van der Waals surface area contributed by atoms with Crippen LogP contribution in [0.2, 0.25) is 0 Å². The Balaban J connectivity index is 1.59. The minimum Gasteiger partial charge on any atom is -0.461 e. The third-order valence-electron chi connectivity index (χ3n) is 4.98. The van der Waals surface area contributed by atoms with Crippen molar-refractivity contribution in [3.05, 3.63) is 47.3 Å². The molecular formula is C22H29N3O6. The van der Waals surface area contributed by atoms with Gasteiger partial charge in [0, 0.05) is 13.2 Å². The fourth-order valence-electron chi connectivity index (χ4n) is 3.46. The zero-order chi connectivity index (χ0) is 22.2. The van der Waals surface area contributed by atoms with Gasteiger partial charge in [0.25, 0.3) is 6.01 Å². The van der Waals surface area contributed by atoms with E-state index in [1.807, 2.05) is 42.2 Å². The van der Waals surface area contributed by atoms with Crippen molar-refractivity contribution in [2.75, 3.05) is 31.2 Å². The first-order valence-electron chi connectivity index (χ1n) is 10.5. The van der Waals surface area contributed by atoms with Crippen molar-refractivity contribution in [2.45, 2.75) is 45.9 Å². The average Bonchev–Trinajstić information content (AvgIpc) is 3.16. The van der Waals surface area contributed by atoms with E-state index in [1.165, 1.54) is 0 Å². The fourth-order valence-corrected chi connectivity index (χ4v) is 3.46. The van der Waals surface area contributed by atoms with E-state index in [2.05, 4.69) is 10.3 Å². The molecule has 0 spiro atoms. The normalized spacial score (nSPS) is 18.5. The number of rotatable bonds is 8. The van der Waals surface area contributed by atoms with Gasteiger partial charge in [0.05, 0.1) is 25.3 Å². The van der Waals surface area contributed by atoms with E-state index in [9.17, 15) is 9.59 Å². The number of hydrogen-bond acceptors (Lipinski definition) is 8. The lowest BCUT2D eigenvalue weighted by Gasteiger charge is -2.37.